The van der Waals surface area contributed by atoms with Gasteiger partial charge in [-0.15, -0.1) is 0 Å². The summed E-state index contributed by atoms with van der Waals surface area (Å²) in [5.41, 5.74) is 4.81. The minimum absolute atomic E-state index is 0.0473. The average molecular weight is 605 g/mol. The molecular formula is C36H48N2O6. The molecule has 8 heteroatoms. The van der Waals surface area contributed by atoms with Gasteiger partial charge in [-0.1, -0.05) is 25.0 Å². The standard InChI is InChI=1S/C36H48N2O6/c1-37-12-10-21-4-3-5-25(14-21)27-16-23(7-9-30(27)39)24-6-8-26-31(40)19-34(44-33(26)17-24)28-18-32(41)35(42)36(43-2)29(28)15-22-11-13-38-20-22/h7,9,11,13,16,18,20-21,24-26,31,33-34,37-42H,3-6,8,10,12,14-15,17,19H2,1-2H3/t21-,24+,25-,26+,31-,33-,34-/m0/s1. The molecule has 7 atom stereocenters. The number of benzene rings is 2. The lowest BCUT2D eigenvalue weighted by Gasteiger charge is -2.45. The number of hydrogen-bond acceptors (Lipinski definition) is 7. The maximum Gasteiger partial charge on any atom is 0.200 e. The highest BCUT2D eigenvalue weighted by molar-refractivity contribution is 5.59. The van der Waals surface area contributed by atoms with Crippen LogP contribution in [-0.2, 0) is 11.2 Å². The molecule has 0 amide bonds. The number of aromatic amines is 1. The molecule has 0 radical (unpaired) electrons. The van der Waals surface area contributed by atoms with E-state index in [0.29, 0.717) is 30.4 Å². The Labute approximate surface area is 260 Å². The molecule has 1 aliphatic heterocycles. The number of aliphatic hydroxyl groups excluding tert-OH is 1. The van der Waals surface area contributed by atoms with Crippen molar-refractivity contribution in [3.8, 4) is 23.0 Å². The molecule has 0 spiro atoms. The van der Waals surface area contributed by atoms with Crippen molar-refractivity contribution in [1.29, 1.82) is 0 Å². The van der Waals surface area contributed by atoms with Crippen LogP contribution >= 0.6 is 0 Å². The minimum Gasteiger partial charge on any atom is -0.508 e. The molecule has 2 saturated carbocycles. The van der Waals surface area contributed by atoms with Gasteiger partial charge in [-0.2, -0.15) is 0 Å². The van der Waals surface area contributed by atoms with E-state index >= 15 is 0 Å². The Bertz CT molecular complexity index is 1410. The second-order valence-corrected chi connectivity index (χ2v) is 13.3. The van der Waals surface area contributed by atoms with Crippen LogP contribution in [0.25, 0.3) is 0 Å². The van der Waals surface area contributed by atoms with Crippen LogP contribution in [0, 0.1) is 11.8 Å². The maximum absolute atomic E-state index is 11.4. The molecule has 2 heterocycles. The first-order chi connectivity index (χ1) is 21.4. The van der Waals surface area contributed by atoms with Crippen LogP contribution in [0.2, 0.25) is 0 Å². The summed E-state index contributed by atoms with van der Waals surface area (Å²) in [7, 11) is 3.49. The van der Waals surface area contributed by atoms with Gasteiger partial charge in [-0.3, -0.25) is 0 Å². The number of phenolic OH excluding ortho intramolecular Hbond substituents is 3. The Morgan fingerprint density at radius 3 is 2.59 bits per heavy atom. The molecule has 3 fully saturated rings. The number of methoxy groups -OCH3 is 1. The zero-order valence-corrected chi connectivity index (χ0v) is 26.0. The summed E-state index contributed by atoms with van der Waals surface area (Å²) in [4.78, 5) is 3.07. The fraction of sp³-hybridized carbons (Fsp3) is 0.556. The topological polar surface area (TPSA) is 127 Å². The van der Waals surface area contributed by atoms with E-state index in [1.165, 1.54) is 31.9 Å². The van der Waals surface area contributed by atoms with Crippen molar-refractivity contribution < 1.29 is 29.9 Å². The first-order valence-electron chi connectivity index (χ1n) is 16.4. The Kier molecular flexibility index (Phi) is 9.40. The molecular weight excluding hydrogens is 556 g/mol. The van der Waals surface area contributed by atoms with Crippen LogP contribution in [-0.4, -0.2) is 58.3 Å². The van der Waals surface area contributed by atoms with Gasteiger partial charge in [0, 0.05) is 36.7 Å². The van der Waals surface area contributed by atoms with E-state index in [4.69, 9.17) is 9.47 Å². The first kappa shape index (κ1) is 30.8. The molecule has 0 unspecified atom stereocenters. The van der Waals surface area contributed by atoms with Crippen LogP contribution in [0.4, 0.5) is 0 Å². The monoisotopic (exact) mass is 604 g/mol. The number of fused-ring (bicyclic) bond motifs is 1. The maximum atomic E-state index is 11.4. The zero-order chi connectivity index (χ0) is 30.8. The van der Waals surface area contributed by atoms with Crippen LogP contribution in [0.3, 0.4) is 0 Å². The van der Waals surface area contributed by atoms with Crippen molar-refractivity contribution in [3.05, 3.63) is 70.5 Å². The van der Waals surface area contributed by atoms with E-state index in [0.717, 1.165) is 60.9 Å². The van der Waals surface area contributed by atoms with Crippen LogP contribution in [0.1, 0.15) is 104 Å². The predicted octanol–water partition coefficient (Wildman–Crippen LogP) is 6.39. The van der Waals surface area contributed by atoms with Crippen molar-refractivity contribution in [2.24, 2.45) is 11.8 Å². The molecule has 3 aliphatic rings. The number of aliphatic hydroxyl groups is 1. The molecule has 6 N–H and O–H groups in total. The Balaban J connectivity index is 1.23. The smallest absolute Gasteiger partial charge is 0.200 e. The summed E-state index contributed by atoms with van der Waals surface area (Å²) < 4.78 is 12.4. The summed E-state index contributed by atoms with van der Waals surface area (Å²) in [6.07, 6.45) is 12.0. The quantitative estimate of drug-likeness (QED) is 0.156. The lowest BCUT2D eigenvalue weighted by Crippen LogP contribution is -2.44. The number of hydrogen-bond donors (Lipinski definition) is 6. The SMILES string of the molecule is CNCC[C@@H]1CCC[C@H](c2cc([C@@H]3CC[C@H]4[C@H](C3)O[C@H](c3cc(O)c(O)c(OC)c3Cc3cc[nH]c3)C[C@@H]4O)ccc2O)C1. The van der Waals surface area contributed by atoms with E-state index in [-0.39, 0.29) is 35.2 Å². The molecule has 8 nitrogen and oxygen atoms in total. The van der Waals surface area contributed by atoms with Gasteiger partial charge in [0.1, 0.15) is 5.75 Å². The molecule has 1 aromatic heterocycles. The van der Waals surface area contributed by atoms with Crippen molar-refractivity contribution in [2.45, 2.75) is 94.4 Å². The number of phenols is 3. The molecule has 3 aromatic rings. The number of aromatic hydroxyl groups is 3. The third kappa shape index (κ3) is 6.30. The van der Waals surface area contributed by atoms with Gasteiger partial charge in [0.15, 0.2) is 11.5 Å². The van der Waals surface area contributed by atoms with Gasteiger partial charge in [0.05, 0.1) is 25.4 Å². The van der Waals surface area contributed by atoms with E-state index in [9.17, 15) is 20.4 Å². The molecule has 44 heavy (non-hydrogen) atoms. The molecule has 0 bridgehead atoms. The van der Waals surface area contributed by atoms with Gasteiger partial charge in [0.2, 0.25) is 5.75 Å². The van der Waals surface area contributed by atoms with Crippen LogP contribution in [0.15, 0.2) is 42.7 Å². The Hall–Kier alpha value is -3.20. The van der Waals surface area contributed by atoms with Crippen molar-refractivity contribution in [2.75, 3.05) is 20.7 Å². The van der Waals surface area contributed by atoms with Gasteiger partial charge in [0.25, 0.3) is 0 Å². The summed E-state index contributed by atoms with van der Waals surface area (Å²) in [6, 6.07) is 9.73. The van der Waals surface area contributed by atoms with Crippen molar-refractivity contribution in [1.82, 2.24) is 10.3 Å². The number of ether oxygens (including phenoxy) is 2. The summed E-state index contributed by atoms with van der Waals surface area (Å²) in [6.45, 7) is 1.03. The van der Waals surface area contributed by atoms with Crippen molar-refractivity contribution >= 4 is 0 Å². The first-order valence-corrected chi connectivity index (χ1v) is 16.4. The molecule has 1 saturated heterocycles. The Morgan fingerprint density at radius 2 is 1.82 bits per heavy atom. The summed E-state index contributed by atoms with van der Waals surface area (Å²) in [5, 5.41) is 46.8. The molecule has 2 aromatic carbocycles. The lowest BCUT2D eigenvalue weighted by molar-refractivity contribution is -0.154. The predicted molar refractivity (Wildman–Crippen MR) is 170 cm³/mol. The second kappa shape index (κ2) is 13.4. The van der Waals surface area contributed by atoms with E-state index < -0.39 is 12.2 Å². The lowest BCUT2D eigenvalue weighted by atomic mass is 9.71. The van der Waals surface area contributed by atoms with Crippen LogP contribution < -0.4 is 10.1 Å². The molecule has 2 aliphatic carbocycles. The third-order valence-corrected chi connectivity index (χ3v) is 10.6. The average Bonchev–Trinajstić information content (AvgIpc) is 3.55. The number of H-pyrrole nitrogens is 1. The number of rotatable bonds is 9. The van der Waals surface area contributed by atoms with Gasteiger partial charge in [-0.25, -0.2) is 0 Å². The second-order valence-electron chi connectivity index (χ2n) is 13.3. The van der Waals surface area contributed by atoms with Gasteiger partial charge in [-0.05, 0) is 110 Å². The highest BCUT2D eigenvalue weighted by Gasteiger charge is 2.43. The van der Waals surface area contributed by atoms with Gasteiger partial charge < -0.3 is 40.2 Å². The largest absolute Gasteiger partial charge is 0.508 e. The van der Waals surface area contributed by atoms with E-state index in [1.54, 1.807) is 6.07 Å². The summed E-state index contributed by atoms with van der Waals surface area (Å²) in [5.74, 6) is 1.48. The fourth-order valence-corrected chi connectivity index (χ4v) is 8.31. The fourth-order valence-electron chi connectivity index (χ4n) is 8.31. The number of nitrogens with one attached hydrogen (secondary N) is 2. The Morgan fingerprint density at radius 1 is 0.955 bits per heavy atom. The number of aromatic nitrogens is 1. The normalized spacial score (nSPS) is 28.8. The third-order valence-electron chi connectivity index (χ3n) is 10.6. The highest BCUT2D eigenvalue weighted by Crippen LogP contribution is 2.50. The highest BCUT2D eigenvalue weighted by atomic mass is 16.5. The molecule has 238 valence electrons. The van der Waals surface area contributed by atoms with Crippen LogP contribution in [0.5, 0.6) is 23.0 Å². The molecule has 6 rings (SSSR count). The minimum atomic E-state index is -0.533. The van der Waals surface area contributed by atoms with E-state index in [1.807, 2.05) is 31.6 Å². The van der Waals surface area contributed by atoms with Gasteiger partial charge >= 0.3 is 0 Å². The summed E-state index contributed by atoms with van der Waals surface area (Å²) >= 11 is 0. The van der Waals surface area contributed by atoms with Crippen molar-refractivity contribution in [3.63, 3.8) is 0 Å². The zero-order valence-electron chi connectivity index (χ0n) is 26.0. The van der Waals surface area contributed by atoms with E-state index in [2.05, 4.69) is 22.4 Å².